The molecule has 1 amide bonds. The number of carbonyl (C=O) groups excluding carboxylic acids is 1. The van der Waals surface area contributed by atoms with Crippen LogP contribution in [0.1, 0.15) is 49.5 Å². The molecule has 4 nitrogen and oxygen atoms in total. The highest BCUT2D eigenvalue weighted by Crippen LogP contribution is 2.23. The first kappa shape index (κ1) is 19.4. The molecule has 3 rings (SSSR count). The van der Waals surface area contributed by atoms with Crippen molar-refractivity contribution in [3.05, 3.63) is 59.7 Å². The lowest BCUT2D eigenvalue weighted by molar-refractivity contribution is 0.102. The van der Waals surface area contributed by atoms with Crippen LogP contribution in [0.5, 0.6) is 5.75 Å². The lowest BCUT2D eigenvalue weighted by atomic mass is 9.87. The van der Waals surface area contributed by atoms with Gasteiger partial charge in [0.15, 0.2) is 0 Å². The third kappa shape index (κ3) is 5.33. The predicted octanol–water partition coefficient (Wildman–Crippen LogP) is 4.71. The van der Waals surface area contributed by atoms with Crippen LogP contribution in [0, 0.1) is 0 Å². The lowest BCUT2D eigenvalue weighted by Gasteiger charge is -2.29. The first-order valence-corrected chi connectivity index (χ1v) is 9.68. The summed E-state index contributed by atoms with van der Waals surface area (Å²) in [5, 5.41) is 2.95. The first-order chi connectivity index (χ1) is 12.8. The van der Waals surface area contributed by atoms with Gasteiger partial charge in [0.1, 0.15) is 11.9 Å². The van der Waals surface area contributed by atoms with Crippen LogP contribution in [0.3, 0.4) is 0 Å². The van der Waals surface area contributed by atoms with Gasteiger partial charge in [-0.2, -0.15) is 0 Å². The standard InChI is InChI=1S/C23H30N2O2/c1-23(2,3)18-7-5-17(6-8-18)22(26)24-19-9-11-20(12-10-19)27-21-13-15-25(4)16-14-21/h5-12,21H,13-16H2,1-4H3,(H,24,26). The molecule has 0 aliphatic carbocycles. The zero-order chi connectivity index (χ0) is 19.4. The van der Waals surface area contributed by atoms with Crippen LogP contribution < -0.4 is 10.1 Å². The molecule has 0 spiro atoms. The van der Waals surface area contributed by atoms with E-state index < -0.39 is 0 Å². The van der Waals surface area contributed by atoms with Gasteiger partial charge >= 0.3 is 0 Å². The topological polar surface area (TPSA) is 41.6 Å². The van der Waals surface area contributed by atoms with Crippen molar-refractivity contribution in [2.24, 2.45) is 0 Å². The van der Waals surface area contributed by atoms with Crippen LogP contribution in [0.15, 0.2) is 48.5 Å². The Hall–Kier alpha value is -2.33. The maximum absolute atomic E-state index is 12.5. The molecular formula is C23H30N2O2. The third-order valence-corrected chi connectivity index (χ3v) is 5.09. The SMILES string of the molecule is CN1CCC(Oc2ccc(NC(=O)c3ccc(C(C)(C)C)cc3)cc2)CC1. The van der Waals surface area contributed by atoms with Gasteiger partial charge in [-0.25, -0.2) is 0 Å². The summed E-state index contributed by atoms with van der Waals surface area (Å²) < 4.78 is 6.05. The molecule has 2 aromatic rings. The zero-order valence-electron chi connectivity index (χ0n) is 16.8. The van der Waals surface area contributed by atoms with E-state index in [1.807, 2.05) is 48.5 Å². The average Bonchev–Trinajstić information content (AvgIpc) is 2.64. The summed E-state index contributed by atoms with van der Waals surface area (Å²) in [6.07, 6.45) is 2.39. The minimum Gasteiger partial charge on any atom is -0.490 e. The van der Waals surface area contributed by atoms with E-state index in [1.54, 1.807) is 0 Å². The number of rotatable bonds is 4. The van der Waals surface area contributed by atoms with Crippen LogP contribution in [0.2, 0.25) is 0 Å². The van der Waals surface area contributed by atoms with E-state index in [4.69, 9.17) is 4.74 Å². The molecule has 2 aromatic carbocycles. The van der Waals surface area contributed by atoms with Crippen molar-refractivity contribution >= 4 is 11.6 Å². The number of benzene rings is 2. The van der Waals surface area contributed by atoms with Crippen LogP contribution in [-0.4, -0.2) is 37.0 Å². The van der Waals surface area contributed by atoms with Crippen molar-refractivity contribution in [2.45, 2.75) is 45.1 Å². The van der Waals surface area contributed by atoms with E-state index in [1.165, 1.54) is 5.56 Å². The summed E-state index contributed by atoms with van der Waals surface area (Å²) in [7, 11) is 2.14. The monoisotopic (exact) mass is 366 g/mol. The number of hydrogen-bond acceptors (Lipinski definition) is 3. The Kier molecular flexibility index (Phi) is 5.85. The molecule has 0 radical (unpaired) electrons. The van der Waals surface area contributed by atoms with Gasteiger partial charge in [0.2, 0.25) is 0 Å². The van der Waals surface area contributed by atoms with E-state index in [9.17, 15) is 4.79 Å². The Bertz CT molecular complexity index is 752. The molecule has 1 heterocycles. The van der Waals surface area contributed by atoms with E-state index in [2.05, 4.69) is 38.0 Å². The predicted molar refractivity (Wildman–Crippen MR) is 111 cm³/mol. The van der Waals surface area contributed by atoms with Gasteiger partial charge in [-0.15, -0.1) is 0 Å². The molecule has 1 fully saturated rings. The number of anilines is 1. The molecule has 1 aliphatic rings. The molecule has 0 aromatic heterocycles. The molecule has 0 unspecified atom stereocenters. The zero-order valence-corrected chi connectivity index (χ0v) is 16.8. The Balaban J connectivity index is 1.57. The Morgan fingerprint density at radius 3 is 2.15 bits per heavy atom. The van der Waals surface area contributed by atoms with Gasteiger partial charge in [0, 0.05) is 24.3 Å². The second-order valence-electron chi connectivity index (χ2n) is 8.43. The van der Waals surface area contributed by atoms with E-state index in [-0.39, 0.29) is 17.4 Å². The second-order valence-corrected chi connectivity index (χ2v) is 8.43. The number of hydrogen-bond donors (Lipinski definition) is 1. The van der Waals surface area contributed by atoms with E-state index in [0.717, 1.165) is 37.4 Å². The minimum atomic E-state index is -0.0977. The van der Waals surface area contributed by atoms with Gasteiger partial charge in [0.05, 0.1) is 0 Å². The first-order valence-electron chi connectivity index (χ1n) is 9.68. The normalized spacial score (nSPS) is 16.1. The number of ether oxygens (including phenoxy) is 1. The highest BCUT2D eigenvalue weighted by Gasteiger charge is 2.18. The summed E-state index contributed by atoms with van der Waals surface area (Å²) >= 11 is 0. The van der Waals surface area contributed by atoms with Gasteiger partial charge in [0.25, 0.3) is 5.91 Å². The highest BCUT2D eigenvalue weighted by atomic mass is 16.5. The van der Waals surface area contributed by atoms with Crippen molar-refractivity contribution in [3.63, 3.8) is 0 Å². The molecule has 1 saturated heterocycles. The maximum Gasteiger partial charge on any atom is 0.255 e. The molecule has 0 saturated carbocycles. The number of amides is 1. The smallest absolute Gasteiger partial charge is 0.255 e. The third-order valence-electron chi connectivity index (χ3n) is 5.09. The molecular weight excluding hydrogens is 336 g/mol. The van der Waals surface area contributed by atoms with Gasteiger partial charge < -0.3 is 15.0 Å². The van der Waals surface area contributed by atoms with Crippen molar-refractivity contribution < 1.29 is 9.53 Å². The lowest BCUT2D eigenvalue weighted by Crippen LogP contribution is -2.35. The maximum atomic E-state index is 12.5. The summed E-state index contributed by atoms with van der Waals surface area (Å²) in [5.41, 5.74) is 2.73. The molecule has 1 N–H and O–H groups in total. The van der Waals surface area contributed by atoms with Crippen molar-refractivity contribution in [2.75, 3.05) is 25.5 Å². The second kappa shape index (κ2) is 8.13. The minimum absolute atomic E-state index is 0.0819. The molecule has 27 heavy (non-hydrogen) atoms. The summed E-state index contributed by atoms with van der Waals surface area (Å²) in [6, 6.07) is 15.5. The number of likely N-dealkylation sites (tertiary alicyclic amines) is 1. The van der Waals surface area contributed by atoms with Crippen molar-refractivity contribution in [1.82, 2.24) is 4.90 Å². The molecule has 0 atom stereocenters. The van der Waals surface area contributed by atoms with Crippen LogP contribution in [0.25, 0.3) is 0 Å². The molecule has 144 valence electrons. The van der Waals surface area contributed by atoms with Crippen molar-refractivity contribution in [1.29, 1.82) is 0 Å². The quantitative estimate of drug-likeness (QED) is 0.852. The summed E-state index contributed by atoms with van der Waals surface area (Å²) in [5.74, 6) is 0.761. The van der Waals surface area contributed by atoms with E-state index in [0.29, 0.717) is 5.56 Å². The fraction of sp³-hybridized carbons (Fsp3) is 0.435. The molecule has 4 heteroatoms. The Morgan fingerprint density at radius 2 is 1.59 bits per heavy atom. The molecule has 0 bridgehead atoms. The summed E-state index contributed by atoms with van der Waals surface area (Å²) in [6.45, 7) is 8.64. The number of carbonyl (C=O) groups is 1. The largest absolute Gasteiger partial charge is 0.490 e. The van der Waals surface area contributed by atoms with Crippen LogP contribution in [-0.2, 0) is 5.41 Å². The van der Waals surface area contributed by atoms with E-state index >= 15 is 0 Å². The highest BCUT2D eigenvalue weighted by molar-refractivity contribution is 6.04. The fourth-order valence-corrected chi connectivity index (χ4v) is 3.24. The number of nitrogens with one attached hydrogen (secondary N) is 1. The Morgan fingerprint density at radius 1 is 1.00 bits per heavy atom. The molecule has 1 aliphatic heterocycles. The number of piperidine rings is 1. The van der Waals surface area contributed by atoms with Gasteiger partial charge in [-0.05, 0) is 67.3 Å². The van der Waals surface area contributed by atoms with Crippen LogP contribution >= 0.6 is 0 Å². The number of nitrogens with zero attached hydrogens (tertiary/aromatic N) is 1. The van der Waals surface area contributed by atoms with Crippen molar-refractivity contribution in [3.8, 4) is 5.75 Å². The van der Waals surface area contributed by atoms with Gasteiger partial charge in [-0.1, -0.05) is 32.9 Å². The van der Waals surface area contributed by atoms with Gasteiger partial charge in [-0.3, -0.25) is 4.79 Å². The Labute approximate surface area is 162 Å². The average molecular weight is 367 g/mol. The fourth-order valence-electron chi connectivity index (χ4n) is 3.24. The summed E-state index contributed by atoms with van der Waals surface area (Å²) in [4.78, 5) is 14.8. The van der Waals surface area contributed by atoms with Crippen LogP contribution in [0.4, 0.5) is 5.69 Å².